The van der Waals surface area contributed by atoms with Crippen molar-refractivity contribution >= 4 is 40.9 Å². The maximum atomic E-state index is 13.2. The van der Waals surface area contributed by atoms with Crippen LogP contribution < -0.4 is 5.73 Å². The minimum atomic E-state index is -1.88. The topological polar surface area (TPSA) is 113 Å². The predicted molar refractivity (Wildman–Crippen MR) is 110 cm³/mol. The standard InChI is InChI=1S/C21H19Cl2N3O4/c1-3-30-20(29)21(10-24)15-8-7-12(11(2)27)9-26(15)18(19(25)28)17(21)16-13(22)5-4-6-14(16)23/h4-9,15,17-18H,3H2,1-2H3,(H2,25,28). The highest BCUT2D eigenvalue weighted by Crippen LogP contribution is 2.56. The second-order valence-electron chi connectivity index (χ2n) is 7.05. The van der Waals surface area contributed by atoms with Crippen LogP contribution in [-0.4, -0.2) is 41.3 Å². The summed E-state index contributed by atoms with van der Waals surface area (Å²) in [5, 5.41) is 10.7. The number of halogens is 2. The number of hydrogen-bond acceptors (Lipinski definition) is 6. The van der Waals surface area contributed by atoms with Crippen LogP contribution in [0, 0.1) is 16.7 Å². The summed E-state index contributed by atoms with van der Waals surface area (Å²) in [6, 6.07) is 4.72. The lowest BCUT2D eigenvalue weighted by Crippen LogP contribution is -2.45. The van der Waals surface area contributed by atoms with E-state index < -0.39 is 35.3 Å². The smallest absolute Gasteiger partial charge is 0.329 e. The Morgan fingerprint density at radius 2 is 1.93 bits per heavy atom. The van der Waals surface area contributed by atoms with Crippen LogP contribution in [0.2, 0.25) is 10.0 Å². The molecule has 1 amide bonds. The van der Waals surface area contributed by atoms with E-state index in [1.807, 2.05) is 0 Å². The number of esters is 1. The molecule has 0 bridgehead atoms. The molecule has 0 aromatic heterocycles. The van der Waals surface area contributed by atoms with Gasteiger partial charge in [-0.2, -0.15) is 5.26 Å². The molecular weight excluding hydrogens is 429 g/mol. The summed E-state index contributed by atoms with van der Waals surface area (Å²) in [5.74, 6) is -2.99. The maximum Gasteiger partial charge on any atom is 0.329 e. The fourth-order valence-electron chi connectivity index (χ4n) is 4.22. The molecule has 0 spiro atoms. The van der Waals surface area contributed by atoms with E-state index in [2.05, 4.69) is 6.07 Å². The van der Waals surface area contributed by atoms with E-state index in [0.29, 0.717) is 5.57 Å². The number of benzene rings is 1. The number of carbonyl (C=O) groups excluding carboxylic acids is 3. The van der Waals surface area contributed by atoms with Gasteiger partial charge in [-0.15, -0.1) is 0 Å². The zero-order valence-corrected chi connectivity index (χ0v) is 17.8. The molecule has 2 aliphatic heterocycles. The first-order valence-corrected chi connectivity index (χ1v) is 9.96. The Labute approximate surface area is 183 Å². The highest BCUT2D eigenvalue weighted by molar-refractivity contribution is 6.36. The fourth-order valence-corrected chi connectivity index (χ4v) is 4.85. The highest BCUT2D eigenvalue weighted by Gasteiger charge is 2.67. The van der Waals surface area contributed by atoms with Crippen molar-refractivity contribution in [2.24, 2.45) is 11.1 Å². The van der Waals surface area contributed by atoms with Crippen molar-refractivity contribution in [1.29, 1.82) is 5.26 Å². The van der Waals surface area contributed by atoms with E-state index in [0.717, 1.165) is 0 Å². The number of Topliss-reactive ketones (excluding diaryl/α,β-unsaturated/α-hetero) is 1. The average molecular weight is 448 g/mol. The normalized spacial score (nSPS) is 27.1. The first-order valence-electron chi connectivity index (χ1n) is 9.20. The number of nitrogens with two attached hydrogens (primary N) is 1. The molecule has 7 nitrogen and oxygen atoms in total. The molecule has 1 aromatic carbocycles. The van der Waals surface area contributed by atoms with Crippen molar-refractivity contribution in [3.63, 3.8) is 0 Å². The van der Waals surface area contributed by atoms with Crippen LogP contribution >= 0.6 is 23.2 Å². The Balaban J connectivity index is 2.36. The third-order valence-corrected chi connectivity index (χ3v) is 6.13. The van der Waals surface area contributed by atoms with Gasteiger partial charge in [0.15, 0.2) is 11.2 Å². The van der Waals surface area contributed by atoms with Crippen molar-refractivity contribution in [2.75, 3.05) is 6.61 Å². The maximum absolute atomic E-state index is 13.2. The first kappa shape index (κ1) is 21.9. The summed E-state index contributed by atoms with van der Waals surface area (Å²) in [6.45, 7) is 3.01. The lowest BCUT2D eigenvalue weighted by molar-refractivity contribution is -0.153. The van der Waals surface area contributed by atoms with Gasteiger partial charge in [-0.25, -0.2) is 0 Å². The molecule has 1 fully saturated rings. The summed E-state index contributed by atoms with van der Waals surface area (Å²) in [5.41, 5.74) is 4.42. The second-order valence-corrected chi connectivity index (χ2v) is 7.87. The number of hydrogen-bond donors (Lipinski definition) is 1. The molecule has 0 saturated carbocycles. The molecule has 2 heterocycles. The van der Waals surface area contributed by atoms with Crippen LogP contribution in [0.5, 0.6) is 0 Å². The average Bonchev–Trinajstić information content (AvgIpc) is 2.98. The van der Waals surface area contributed by atoms with Crippen LogP contribution in [0.3, 0.4) is 0 Å². The zero-order chi connectivity index (χ0) is 22.2. The lowest BCUT2D eigenvalue weighted by atomic mass is 9.68. The third-order valence-electron chi connectivity index (χ3n) is 5.47. The Bertz CT molecular complexity index is 1010. The number of nitriles is 1. The van der Waals surface area contributed by atoms with Crippen molar-refractivity contribution in [3.05, 3.63) is 57.7 Å². The molecule has 9 heteroatoms. The minimum absolute atomic E-state index is 0.0252. The molecule has 3 rings (SSSR count). The summed E-state index contributed by atoms with van der Waals surface area (Å²) in [7, 11) is 0. The van der Waals surface area contributed by atoms with Gasteiger partial charge in [0, 0.05) is 27.7 Å². The van der Waals surface area contributed by atoms with Crippen LogP contribution in [0.25, 0.3) is 0 Å². The van der Waals surface area contributed by atoms with Crippen molar-refractivity contribution in [2.45, 2.75) is 31.8 Å². The molecular formula is C21H19Cl2N3O4. The Hall–Kier alpha value is -2.82. The van der Waals surface area contributed by atoms with Crippen molar-refractivity contribution < 1.29 is 19.1 Å². The number of fused-ring (bicyclic) bond motifs is 1. The zero-order valence-electron chi connectivity index (χ0n) is 16.3. The highest BCUT2D eigenvalue weighted by atomic mass is 35.5. The van der Waals surface area contributed by atoms with E-state index >= 15 is 0 Å². The molecule has 1 aromatic rings. The number of carbonyl (C=O) groups is 3. The van der Waals surface area contributed by atoms with E-state index in [1.54, 1.807) is 25.1 Å². The van der Waals surface area contributed by atoms with Gasteiger partial charge < -0.3 is 15.4 Å². The molecule has 4 atom stereocenters. The number of amides is 1. The van der Waals surface area contributed by atoms with Gasteiger partial charge in [0.05, 0.1) is 18.7 Å². The molecule has 0 aliphatic carbocycles. The Morgan fingerprint density at radius 3 is 2.43 bits per heavy atom. The van der Waals surface area contributed by atoms with Crippen molar-refractivity contribution in [3.8, 4) is 6.07 Å². The van der Waals surface area contributed by atoms with E-state index in [9.17, 15) is 19.6 Å². The molecule has 2 N–H and O–H groups in total. The Kier molecular flexibility index (Phi) is 5.93. The fraction of sp³-hybridized carbons (Fsp3) is 0.333. The monoisotopic (exact) mass is 447 g/mol. The predicted octanol–water partition coefficient (Wildman–Crippen LogP) is 2.73. The van der Waals surface area contributed by atoms with Crippen LogP contribution in [0.15, 0.2) is 42.1 Å². The van der Waals surface area contributed by atoms with Crippen LogP contribution in [-0.2, 0) is 19.1 Å². The molecule has 30 heavy (non-hydrogen) atoms. The minimum Gasteiger partial charge on any atom is -0.465 e. The number of allylic oxidation sites excluding steroid dienone is 2. The quantitative estimate of drug-likeness (QED) is 0.693. The number of nitrogens with zero attached hydrogens (tertiary/aromatic N) is 2. The number of ketones is 1. The van der Waals surface area contributed by atoms with E-state index in [4.69, 9.17) is 33.7 Å². The van der Waals surface area contributed by atoms with Gasteiger partial charge in [-0.05, 0) is 31.5 Å². The summed E-state index contributed by atoms with van der Waals surface area (Å²) < 4.78 is 5.26. The van der Waals surface area contributed by atoms with Gasteiger partial charge in [-0.1, -0.05) is 41.4 Å². The largest absolute Gasteiger partial charge is 0.465 e. The van der Waals surface area contributed by atoms with Gasteiger partial charge in [0.25, 0.3) is 0 Å². The van der Waals surface area contributed by atoms with Gasteiger partial charge in [-0.3, -0.25) is 14.4 Å². The lowest BCUT2D eigenvalue weighted by Gasteiger charge is -2.32. The number of primary amides is 1. The van der Waals surface area contributed by atoms with Crippen molar-refractivity contribution in [1.82, 2.24) is 4.90 Å². The summed E-state index contributed by atoms with van der Waals surface area (Å²) in [6.07, 6.45) is 4.50. The number of ether oxygens (including phenoxy) is 1. The van der Waals surface area contributed by atoms with Gasteiger partial charge in [0.2, 0.25) is 5.91 Å². The molecule has 156 valence electrons. The van der Waals surface area contributed by atoms with Gasteiger partial charge in [0.1, 0.15) is 6.04 Å². The van der Waals surface area contributed by atoms with Crippen LogP contribution in [0.1, 0.15) is 25.3 Å². The summed E-state index contributed by atoms with van der Waals surface area (Å²) in [4.78, 5) is 39.2. The molecule has 0 radical (unpaired) electrons. The van der Waals surface area contributed by atoms with E-state index in [-0.39, 0.29) is 28.0 Å². The third kappa shape index (κ3) is 3.17. The summed E-state index contributed by atoms with van der Waals surface area (Å²) >= 11 is 12.8. The number of rotatable bonds is 5. The Morgan fingerprint density at radius 1 is 1.30 bits per heavy atom. The van der Waals surface area contributed by atoms with Gasteiger partial charge >= 0.3 is 5.97 Å². The second kappa shape index (κ2) is 8.13. The SMILES string of the molecule is CCOC(=O)C1(C#N)C(c2c(Cl)cccc2Cl)C(C(N)=O)N2C=C(C(C)=O)C=CC21. The molecule has 4 unspecified atom stereocenters. The molecule has 1 saturated heterocycles. The molecule has 2 aliphatic rings. The van der Waals surface area contributed by atoms with Crippen LogP contribution in [0.4, 0.5) is 0 Å². The van der Waals surface area contributed by atoms with E-state index in [1.165, 1.54) is 30.2 Å². The first-order chi connectivity index (χ1) is 14.2.